The van der Waals surface area contributed by atoms with Gasteiger partial charge in [0.2, 0.25) is 29.5 Å². The largest absolute Gasteiger partial charge is 0.481 e. The highest BCUT2D eigenvalue weighted by Gasteiger charge is 2.51. The van der Waals surface area contributed by atoms with Gasteiger partial charge in [-0.3, -0.25) is 33.8 Å². The molecular weight excluding hydrogens is 716 g/mol. The summed E-state index contributed by atoms with van der Waals surface area (Å²) in [7, 11) is 0. The number of hydrogen-bond donors (Lipinski definition) is 7. The molecule has 1 unspecified atom stereocenters. The van der Waals surface area contributed by atoms with Gasteiger partial charge >= 0.3 is 5.97 Å². The molecular formula is C41H50N8O7. The molecule has 0 saturated carbocycles. The number of carbonyl (C=O) groups is 6. The first-order valence-electron chi connectivity index (χ1n) is 18.9. The Morgan fingerprint density at radius 1 is 0.804 bits per heavy atom. The van der Waals surface area contributed by atoms with E-state index in [-0.39, 0.29) is 62.1 Å². The van der Waals surface area contributed by atoms with E-state index in [1.54, 1.807) is 29.2 Å². The predicted molar refractivity (Wildman–Crippen MR) is 208 cm³/mol. The quantitative estimate of drug-likeness (QED) is 0.0558. The highest BCUT2D eigenvalue weighted by atomic mass is 16.4. The smallest absolute Gasteiger partial charge is 0.305 e. The second-order valence-electron chi connectivity index (χ2n) is 14.2. The second-order valence-corrected chi connectivity index (χ2v) is 14.2. The Bertz CT molecular complexity index is 1860. The van der Waals surface area contributed by atoms with Gasteiger partial charge in [-0.15, -0.1) is 0 Å². The summed E-state index contributed by atoms with van der Waals surface area (Å²) in [6, 6.07) is 23.2. The monoisotopic (exact) mass is 766 g/mol. The molecule has 3 aromatic carbocycles. The van der Waals surface area contributed by atoms with Crippen molar-refractivity contribution in [3.8, 4) is 0 Å². The van der Waals surface area contributed by atoms with E-state index in [9.17, 15) is 33.9 Å². The number of benzene rings is 3. The first-order valence-corrected chi connectivity index (χ1v) is 18.9. The third-order valence-electron chi connectivity index (χ3n) is 10.2. The van der Waals surface area contributed by atoms with E-state index < -0.39 is 54.3 Å². The molecule has 6 atom stereocenters. The fourth-order valence-corrected chi connectivity index (χ4v) is 7.48. The fourth-order valence-electron chi connectivity index (χ4n) is 7.48. The zero-order valence-electron chi connectivity index (χ0n) is 31.1. The summed E-state index contributed by atoms with van der Waals surface area (Å²) in [6.45, 7) is 0.243. The summed E-state index contributed by atoms with van der Waals surface area (Å²) in [6.07, 6.45) is 1.57. The summed E-state index contributed by atoms with van der Waals surface area (Å²) < 4.78 is 0. The number of guanidine groups is 1. The molecule has 0 spiro atoms. The summed E-state index contributed by atoms with van der Waals surface area (Å²) in [5, 5.41) is 20.5. The number of aliphatic carboxylic acids is 1. The molecule has 15 heteroatoms. The molecule has 0 radical (unpaired) electrons. The number of piperidine rings is 1. The molecule has 56 heavy (non-hydrogen) atoms. The van der Waals surface area contributed by atoms with Gasteiger partial charge in [0.25, 0.3) is 0 Å². The Kier molecular flexibility index (Phi) is 14.5. The minimum absolute atomic E-state index is 0.0372. The van der Waals surface area contributed by atoms with E-state index in [0.29, 0.717) is 25.7 Å². The predicted octanol–water partition coefficient (Wildman–Crippen LogP) is 1.15. The maximum atomic E-state index is 14.3. The van der Waals surface area contributed by atoms with Crippen LogP contribution in [0.1, 0.15) is 55.2 Å². The van der Waals surface area contributed by atoms with E-state index in [2.05, 4.69) is 26.3 Å². The van der Waals surface area contributed by atoms with Crippen LogP contribution in [0.5, 0.6) is 0 Å². The van der Waals surface area contributed by atoms with Crippen LogP contribution in [0.2, 0.25) is 0 Å². The molecule has 5 amide bonds. The van der Waals surface area contributed by atoms with Gasteiger partial charge in [-0.2, -0.15) is 0 Å². The number of nitrogens with one attached hydrogen (secondary N) is 4. The Balaban J connectivity index is 1.34. The third kappa shape index (κ3) is 11.6. The van der Waals surface area contributed by atoms with Crippen LogP contribution in [0.25, 0.3) is 0 Å². The van der Waals surface area contributed by atoms with Crippen LogP contribution in [-0.4, -0.2) is 88.2 Å². The average Bonchev–Trinajstić information content (AvgIpc) is 3.55. The molecule has 2 saturated heterocycles. The van der Waals surface area contributed by atoms with Crippen molar-refractivity contribution >= 4 is 41.5 Å². The van der Waals surface area contributed by atoms with Crippen LogP contribution < -0.4 is 32.7 Å². The highest BCUT2D eigenvalue weighted by molar-refractivity contribution is 5.97. The van der Waals surface area contributed by atoms with Crippen LogP contribution >= 0.6 is 0 Å². The standard InChI is InChI=1S/C41H50N8O7/c42-41(43)44-20-10-17-30(38(54)48-32(24-36(51)52)37(53)45-25-28-15-8-3-9-16-28)47-39(55)34-23-29(21-26-11-4-1-5-12-26)33-19-18-31(40(56)49(33)34)46-35(50)22-27-13-6-2-7-14-27/h1-9,11-16,29-34H,10,17-25H2,(H,45,53)(H,46,50)(H,47,55)(H,48,54)(H,51,52)(H4,42,43,44)/t29-,30+,31?,32+,33+,34+/m1/s1. The Hall–Kier alpha value is -6.25. The molecule has 5 rings (SSSR count). The number of rotatable bonds is 18. The molecule has 2 aliphatic rings. The van der Waals surface area contributed by atoms with Crippen molar-refractivity contribution in [2.45, 2.75) is 88.1 Å². The number of amides is 5. The first-order chi connectivity index (χ1) is 27.0. The Labute approximate surface area is 325 Å². The number of nitrogens with zero attached hydrogens (tertiary/aromatic N) is 2. The normalized spacial score (nSPS) is 19.8. The van der Waals surface area contributed by atoms with Crippen molar-refractivity contribution in [1.82, 2.24) is 26.2 Å². The summed E-state index contributed by atoms with van der Waals surface area (Å²) >= 11 is 0. The van der Waals surface area contributed by atoms with Gasteiger partial charge in [0.1, 0.15) is 24.2 Å². The zero-order valence-corrected chi connectivity index (χ0v) is 31.1. The van der Waals surface area contributed by atoms with E-state index in [1.165, 1.54) is 0 Å². The minimum atomic E-state index is -1.45. The highest BCUT2D eigenvalue weighted by Crippen LogP contribution is 2.39. The van der Waals surface area contributed by atoms with Gasteiger partial charge in [0.15, 0.2) is 5.96 Å². The van der Waals surface area contributed by atoms with Crippen LogP contribution in [-0.2, 0) is 48.2 Å². The maximum absolute atomic E-state index is 14.3. The fraction of sp³-hybridized carbons (Fsp3) is 0.390. The average molecular weight is 767 g/mol. The number of carboxylic acid groups (broad SMARTS) is 1. The molecule has 15 nitrogen and oxygen atoms in total. The van der Waals surface area contributed by atoms with Crippen LogP contribution in [0.3, 0.4) is 0 Å². The molecule has 0 aromatic heterocycles. The van der Waals surface area contributed by atoms with E-state index in [0.717, 1.165) is 16.7 Å². The van der Waals surface area contributed by atoms with Crippen molar-refractivity contribution in [2.24, 2.45) is 22.4 Å². The van der Waals surface area contributed by atoms with Crippen molar-refractivity contribution in [3.63, 3.8) is 0 Å². The maximum Gasteiger partial charge on any atom is 0.305 e. The van der Waals surface area contributed by atoms with Crippen molar-refractivity contribution in [1.29, 1.82) is 0 Å². The number of hydrogen-bond acceptors (Lipinski definition) is 7. The first kappa shape index (κ1) is 40.9. The summed E-state index contributed by atoms with van der Waals surface area (Å²) in [4.78, 5) is 85.9. The summed E-state index contributed by atoms with van der Waals surface area (Å²) in [5.41, 5.74) is 13.6. The molecule has 0 bridgehead atoms. The topological polar surface area (TPSA) is 238 Å². The van der Waals surface area contributed by atoms with Gasteiger partial charge in [-0.05, 0) is 61.1 Å². The van der Waals surface area contributed by atoms with Crippen molar-refractivity contribution in [3.05, 3.63) is 108 Å². The van der Waals surface area contributed by atoms with Gasteiger partial charge in [-0.25, -0.2) is 0 Å². The van der Waals surface area contributed by atoms with Gasteiger partial charge < -0.3 is 42.7 Å². The minimum Gasteiger partial charge on any atom is -0.481 e. The zero-order chi connectivity index (χ0) is 40.0. The molecule has 3 aromatic rings. The van der Waals surface area contributed by atoms with Gasteiger partial charge in [0, 0.05) is 19.1 Å². The molecule has 2 aliphatic heterocycles. The number of aliphatic imine (C=N–C) groups is 1. The third-order valence-corrected chi connectivity index (χ3v) is 10.2. The van der Waals surface area contributed by atoms with Gasteiger partial charge in [-0.1, -0.05) is 91.0 Å². The molecule has 2 heterocycles. The Morgan fingerprint density at radius 3 is 2.05 bits per heavy atom. The van der Waals surface area contributed by atoms with E-state index in [4.69, 9.17) is 11.5 Å². The van der Waals surface area contributed by atoms with Crippen molar-refractivity contribution in [2.75, 3.05) is 6.54 Å². The lowest BCUT2D eigenvalue weighted by Gasteiger charge is -2.39. The number of fused-ring (bicyclic) bond motifs is 1. The van der Waals surface area contributed by atoms with E-state index in [1.807, 2.05) is 66.7 Å². The van der Waals surface area contributed by atoms with Gasteiger partial charge in [0.05, 0.1) is 12.8 Å². The molecule has 296 valence electrons. The SMILES string of the molecule is NC(N)=NCCC[C@H](NC(=O)[C@@H]1C[C@@H](Cc2ccccc2)[C@@H]2CCC(NC(=O)Cc3ccccc3)C(=O)N12)C(=O)N[C@@H](CC(=O)O)C(=O)NCc1ccccc1. The lowest BCUT2D eigenvalue weighted by Crippen LogP contribution is -2.61. The number of carboxylic acids is 1. The molecule has 9 N–H and O–H groups in total. The van der Waals surface area contributed by atoms with Crippen LogP contribution in [0, 0.1) is 5.92 Å². The van der Waals surface area contributed by atoms with Crippen molar-refractivity contribution < 1.29 is 33.9 Å². The van der Waals surface area contributed by atoms with Crippen LogP contribution in [0.4, 0.5) is 0 Å². The molecule has 2 fully saturated rings. The Morgan fingerprint density at radius 2 is 1.43 bits per heavy atom. The number of carbonyl (C=O) groups excluding carboxylic acids is 5. The molecule has 0 aliphatic carbocycles. The van der Waals surface area contributed by atoms with Crippen LogP contribution in [0.15, 0.2) is 96.0 Å². The number of nitrogens with two attached hydrogens (primary N) is 2. The second kappa shape index (κ2) is 19.9. The summed E-state index contributed by atoms with van der Waals surface area (Å²) in [5.74, 6) is -4.30. The lowest BCUT2D eigenvalue weighted by molar-refractivity contribution is -0.147. The lowest BCUT2D eigenvalue weighted by atomic mass is 9.86. The van der Waals surface area contributed by atoms with E-state index >= 15 is 0 Å².